The number of fused-ring (bicyclic) bond motifs is 1. The first-order chi connectivity index (χ1) is 16.1. The maximum atomic E-state index is 13.0. The van der Waals surface area contributed by atoms with Gasteiger partial charge in [0, 0.05) is 23.7 Å². The molecule has 1 aromatic carbocycles. The summed E-state index contributed by atoms with van der Waals surface area (Å²) in [6.07, 6.45) is 9.07. The quantitative estimate of drug-likeness (QED) is 0.355. The maximum absolute atomic E-state index is 13.0. The normalized spacial score (nSPS) is 16.0. The number of benzene rings is 1. The molecule has 1 aliphatic carbocycles. The van der Waals surface area contributed by atoms with Crippen LogP contribution in [0.15, 0.2) is 29.8 Å². The molecular formula is C26H29N3O3S. The van der Waals surface area contributed by atoms with Crippen LogP contribution in [0, 0.1) is 11.3 Å². The molecule has 0 spiro atoms. The summed E-state index contributed by atoms with van der Waals surface area (Å²) in [5.41, 5.74) is 3.39. The molecule has 0 bridgehead atoms. The lowest BCUT2D eigenvalue weighted by Gasteiger charge is -2.28. The van der Waals surface area contributed by atoms with E-state index in [1.165, 1.54) is 30.6 Å². The number of carbonyl (C=O) groups excluding carboxylic acids is 2. The molecule has 1 aromatic heterocycles. The van der Waals surface area contributed by atoms with E-state index >= 15 is 0 Å². The molecule has 1 aliphatic heterocycles. The fraction of sp³-hybridized carbons (Fsp3) is 0.423. The monoisotopic (exact) mass is 463 g/mol. The number of hydrogen-bond acceptors (Lipinski definition) is 6. The van der Waals surface area contributed by atoms with Gasteiger partial charge in [-0.15, -0.1) is 11.3 Å². The molecule has 4 rings (SSSR count). The van der Waals surface area contributed by atoms with Crippen molar-refractivity contribution in [1.29, 1.82) is 5.26 Å². The van der Waals surface area contributed by atoms with Gasteiger partial charge in [0.1, 0.15) is 16.6 Å². The van der Waals surface area contributed by atoms with Crippen molar-refractivity contribution in [1.82, 2.24) is 0 Å². The second-order valence-electron chi connectivity index (χ2n) is 8.40. The summed E-state index contributed by atoms with van der Waals surface area (Å²) in [5.74, 6) is -0.926. The predicted molar refractivity (Wildman–Crippen MR) is 132 cm³/mol. The number of hydrogen-bond donors (Lipinski definition) is 1. The van der Waals surface area contributed by atoms with Gasteiger partial charge in [0.05, 0.1) is 12.2 Å². The number of anilines is 2. The third kappa shape index (κ3) is 5.28. The number of nitrogens with one attached hydrogen (secondary N) is 1. The Kier molecular flexibility index (Phi) is 7.46. The van der Waals surface area contributed by atoms with Crippen LogP contribution in [-0.4, -0.2) is 31.6 Å². The number of carbonyl (C=O) groups is 2. The molecule has 7 heteroatoms. The van der Waals surface area contributed by atoms with Gasteiger partial charge in [-0.1, -0.05) is 12.1 Å². The largest absolute Gasteiger partial charge is 0.462 e. The Labute approximate surface area is 198 Å². The highest BCUT2D eigenvalue weighted by Gasteiger charge is 2.27. The highest BCUT2D eigenvalue weighted by Crippen LogP contribution is 2.38. The highest BCUT2D eigenvalue weighted by molar-refractivity contribution is 7.17. The number of nitriles is 1. The van der Waals surface area contributed by atoms with Crippen LogP contribution in [0.2, 0.25) is 0 Å². The molecular weight excluding hydrogens is 434 g/mol. The molecule has 1 saturated heterocycles. The van der Waals surface area contributed by atoms with E-state index in [0.29, 0.717) is 10.6 Å². The van der Waals surface area contributed by atoms with Crippen LogP contribution < -0.4 is 10.2 Å². The standard InChI is InChI=1S/C26H29N3O3S/c1-2-32-26(31)23-21-8-4-5-9-22(21)33-25(23)28-24(30)19(17-27)16-18-10-12-20(13-11-18)29-14-6-3-7-15-29/h10-13,16H,2-9,14-15H2,1H3,(H,28,30)/b19-16-. The van der Waals surface area contributed by atoms with E-state index in [-0.39, 0.29) is 12.2 Å². The SMILES string of the molecule is CCOC(=O)c1c(NC(=O)/C(C#N)=C\c2ccc(N3CCCCC3)cc2)sc2c1CCCC2. The summed E-state index contributed by atoms with van der Waals surface area (Å²) in [6.45, 7) is 4.17. The zero-order valence-electron chi connectivity index (χ0n) is 19.0. The fourth-order valence-corrected chi connectivity index (χ4v) is 5.76. The number of aryl methyl sites for hydroxylation is 1. The van der Waals surface area contributed by atoms with Gasteiger partial charge in [0.15, 0.2) is 0 Å². The molecule has 0 saturated carbocycles. The molecule has 1 amide bonds. The van der Waals surface area contributed by atoms with Crippen LogP contribution in [0.5, 0.6) is 0 Å². The molecule has 2 heterocycles. The zero-order valence-corrected chi connectivity index (χ0v) is 19.8. The van der Waals surface area contributed by atoms with Crippen molar-refractivity contribution in [3.8, 4) is 6.07 Å². The van der Waals surface area contributed by atoms with Gasteiger partial charge in [0.25, 0.3) is 5.91 Å². The Morgan fingerprint density at radius 2 is 1.85 bits per heavy atom. The van der Waals surface area contributed by atoms with E-state index in [2.05, 4.69) is 10.2 Å². The summed E-state index contributed by atoms with van der Waals surface area (Å²) in [6, 6.07) is 9.95. The van der Waals surface area contributed by atoms with E-state index in [9.17, 15) is 14.9 Å². The predicted octanol–water partition coefficient (Wildman–Crippen LogP) is 5.34. The lowest BCUT2D eigenvalue weighted by atomic mass is 9.95. The van der Waals surface area contributed by atoms with Gasteiger partial charge < -0.3 is 15.0 Å². The van der Waals surface area contributed by atoms with Crippen molar-refractivity contribution in [3.05, 3.63) is 51.4 Å². The number of nitrogens with zero attached hydrogens (tertiary/aromatic N) is 2. The molecule has 172 valence electrons. The molecule has 1 fully saturated rings. The Bertz CT molecular complexity index is 1090. The number of rotatable bonds is 6. The first-order valence-electron chi connectivity index (χ1n) is 11.7. The number of ether oxygens (including phenoxy) is 1. The summed E-state index contributed by atoms with van der Waals surface area (Å²) >= 11 is 1.42. The molecule has 1 N–H and O–H groups in total. The number of piperidine rings is 1. The minimum atomic E-state index is -0.512. The molecule has 0 atom stereocenters. The Morgan fingerprint density at radius 1 is 1.12 bits per heavy atom. The lowest BCUT2D eigenvalue weighted by molar-refractivity contribution is -0.112. The first kappa shape index (κ1) is 23.1. The lowest BCUT2D eigenvalue weighted by Crippen LogP contribution is -2.29. The van der Waals surface area contributed by atoms with Crippen molar-refractivity contribution < 1.29 is 14.3 Å². The minimum Gasteiger partial charge on any atom is -0.462 e. The van der Waals surface area contributed by atoms with Crippen molar-refractivity contribution in [3.63, 3.8) is 0 Å². The Balaban J connectivity index is 1.53. The summed E-state index contributed by atoms with van der Waals surface area (Å²) in [5, 5.41) is 12.9. The van der Waals surface area contributed by atoms with E-state index in [1.807, 2.05) is 30.3 Å². The van der Waals surface area contributed by atoms with Crippen LogP contribution in [0.4, 0.5) is 10.7 Å². The molecule has 0 radical (unpaired) electrons. The number of thiophene rings is 1. The van der Waals surface area contributed by atoms with Gasteiger partial charge in [0.2, 0.25) is 0 Å². The Morgan fingerprint density at radius 3 is 2.55 bits per heavy atom. The van der Waals surface area contributed by atoms with Gasteiger partial charge >= 0.3 is 5.97 Å². The molecule has 2 aromatic rings. The van der Waals surface area contributed by atoms with Crippen LogP contribution in [0.25, 0.3) is 6.08 Å². The topological polar surface area (TPSA) is 82.4 Å². The third-order valence-electron chi connectivity index (χ3n) is 6.17. The van der Waals surface area contributed by atoms with Crippen LogP contribution >= 0.6 is 11.3 Å². The third-order valence-corrected chi connectivity index (χ3v) is 7.38. The van der Waals surface area contributed by atoms with E-state index in [0.717, 1.165) is 60.5 Å². The van der Waals surface area contributed by atoms with Gasteiger partial charge in [-0.25, -0.2) is 4.79 Å². The van der Waals surface area contributed by atoms with Gasteiger partial charge in [-0.3, -0.25) is 4.79 Å². The van der Waals surface area contributed by atoms with Gasteiger partial charge in [-0.2, -0.15) is 5.26 Å². The summed E-state index contributed by atoms with van der Waals surface area (Å²) in [4.78, 5) is 29.1. The average molecular weight is 464 g/mol. The summed E-state index contributed by atoms with van der Waals surface area (Å²) in [7, 11) is 0. The number of esters is 1. The fourth-order valence-electron chi connectivity index (χ4n) is 4.49. The second-order valence-corrected chi connectivity index (χ2v) is 9.50. The molecule has 33 heavy (non-hydrogen) atoms. The van der Waals surface area contributed by atoms with Gasteiger partial charge in [-0.05, 0) is 81.2 Å². The highest BCUT2D eigenvalue weighted by atomic mass is 32.1. The van der Waals surface area contributed by atoms with Crippen molar-refractivity contribution in [2.75, 3.05) is 29.9 Å². The van der Waals surface area contributed by atoms with E-state index < -0.39 is 11.9 Å². The van der Waals surface area contributed by atoms with Crippen LogP contribution in [-0.2, 0) is 22.4 Å². The Hall–Kier alpha value is -3.11. The van der Waals surface area contributed by atoms with Crippen molar-refractivity contribution >= 4 is 40.0 Å². The number of amides is 1. The smallest absolute Gasteiger partial charge is 0.341 e. The molecule has 6 nitrogen and oxygen atoms in total. The summed E-state index contributed by atoms with van der Waals surface area (Å²) < 4.78 is 5.25. The second kappa shape index (κ2) is 10.7. The molecule has 0 unspecified atom stereocenters. The molecule has 2 aliphatic rings. The van der Waals surface area contributed by atoms with Crippen molar-refractivity contribution in [2.24, 2.45) is 0 Å². The minimum absolute atomic E-state index is 0.00176. The van der Waals surface area contributed by atoms with E-state index in [1.54, 1.807) is 13.0 Å². The maximum Gasteiger partial charge on any atom is 0.341 e. The van der Waals surface area contributed by atoms with Crippen molar-refractivity contribution in [2.45, 2.75) is 51.9 Å². The van der Waals surface area contributed by atoms with Crippen LogP contribution in [0.1, 0.15) is 65.4 Å². The zero-order chi connectivity index (χ0) is 23.2. The first-order valence-corrected chi connectivity index (χ1v) is 12.5. The average Bonchev–Trinajstić information content (AvgIpc) is 3.21. The van der Waals surface area contributed by atoms with E-state index in [4.69, 9.17) is 4.74 Å². The van der Waals surface area contributed by atoms with Crippen LogP contribution in [0.3, 0.4) is 0 Å².